The molecule has 1 N–H and O–H groups in total. The number of fused-ring (bicyclic) bond motifs is 4. The first-order valence-electron chi connectivity index (χ1n) is 11.1. The quantitative estimate of drug-likeness (QED) is 0.303. The van der Waals surface area contributed by atoms with E-state index >= 15 is 0 Å². The van der Waals surface area contributed by atoms with E-state index in [1.165, 1.54) is 22.2 Å². The number of ether oxygens (including phenoxy) is 1. The molecular weight excluding hydrogens is 454 g/mol. The maximum Gasteiger partial charge on any atom is 0.263 e. The predicted octanol–water partition coefficient (Wildman–Crippen LogP) is 4.87. The molecule has 0 spiro atoms. The van der Waals surface area contributed by atoms with Gasteiger partial charge in [-0.1, -0.05) is 42.1 Å². The summed E-state index contributed by atoms with van der Waals surface area (Å²) in [5.74, 6) is 0.0384. The van der Waals surface area contributed by atoms with E-state index < -0.39 is 0 Å². The van der Waals surface area contributed by atoms with Crippen LogP contribution in [0, 0.1) is 0 Å². The monoisotopic (exact) mass is 479 g/mol. The van der Waals surface area contributed by atoms with E-state index in [-0.39, 0.29) is 17.2 Å². The summed E-state index contributed by atoms with van der Waals surface area (Å²) in [5.41, 5.74) is 1.91. The van der Waals surface area contributed by atoms with Gasteiger partial charge >= 0.3 is 0 Å². The minimum atomic E-state index is -0.131. The molecule has 2 aromatic carbocycles. The van der Waals surface area contributed by atoms with Gasteiger partial charge in [-0.2, -0.15) is 0 Å². The van der Waals surface area contributed by atoms with Crippen molar-refractivity contribution < 1.29 is 9.53 Å². The minimum absolute atomic E-state index is 0.0195. The normalized spacial score (nSPS) is 13.4. The van der Waals surface area contributed by atoms with Gasteiger partial charge < -0.3 is 10.1 Å². The fourth-order valence-electron chi connectivity index (χ4n) is 4.30. The van der Waals surface area contributed by atoms with Crippen LogP contribution >= 0.6 is 23.1 Å². The first-order valence-corrected chi connectivity index (χ1v) is 12.9. The van der Waals surface area contributed by atoms with Crippen LogP contribution in [-0.4, -0.2) is 34.9 Å². The van der Waals surface area contributed by atoms with Crippen LogP contribution in [0.25, 0.3) is 21.0 Å². The van der Waals surface area contributed by atoms with E-state index in [2.05, 4.69) is 5.32 Å². The van der Waals surface area contributed by atoms with E-state index in [4.69, 9.17) is 9.72 Å². The van der Waals surface area contributed by atoms with Crippen molar-refractivity contribution in [3.8, 4) is 0 Å². The number of methoxy groups -OCH3 is 1. The topological polar surface area (TPSA) is 73.2 Å². The number of carbonyl (C=O) groups excluding carboxylic acids is 1. The van der Waals surface area contributed by atoms with E-state index in [0.29, 0.717) is 18.3 Å². The summed E-state index contributed by atoms with van der Waals surface area (Å²) in [4.78, 5) is 33.0. The summed E-state index contributed by atoms with van der Waals surface area (Å²) < 4.78 is 6.90. The molecule has 0 saturated heterocycles. The SMILES string of the molecule is COCCn1c(SCC(=O)Nc2ccc3ccccc3c2)nc2sc3c(c2c1=O)CCCC3. The molecule has 2 aromatic heterocycles. The molecule has 6 nitrogen and oxygen atoms in total. The van der Waals surface area contributed by atoms with Crippen LogP contribution in [0.15, 0.2) is 52.4 Å². The average molecular weight is 480 g/mol. The van der Waals surface area contributed by atoms with Crippen molar-refractivity contribution in [3.63, 3.8) is 0 Å². The third-order valence-corrected chi connectivity index (χ3v) is 8.09. The summed E-state index contributed by atoms with van der Waals surface area (Å²) in [6.07, 6.45) is 4.23. The van der Waals surface area contributed by atoms with Gasteiger partial charge in [0, 0.05) is 17.7 Å². The number of anilines is 1. The van der Waals surface area contributed by atoms with Crippen molar-refractivity contribution in [2.24, 2.45) is 0 Å². The average Bonchev–Trinajstić information content (AvgIpc) is 3.21. The Morgan fingerprint density at radius 2 is 2.00 bits per heavy atom. The number of thioether (sulfide) groups is 1. The predicted molar refractivity (Wildman–Crippen MR) is 136 cm³/mol. The lowest BCUT2D eigenvalue weighted by atomic mass is 9.97. The van der Waals surface area contributed by atoms with E-state index in [1.807, 2.05) is 42.5 Å². The van der Waals surface area contributed by atoms with Gasteiger partial charge in [-0.05, 0) is 54.2 Å². The van der Waals surface area contributed by atoms with Gasteiger partial charge in [-0.15, -0.1) is 11.3 Å². The standard InChI is InChI=1S/C25H25N3O3S2/c1-31-13-12-28-24(30)22-19-8-4-5-9-20(19)33-23(22)27-25(28)32-15-21(29)26-18-11-10-16-6-2-3-7-17(16)14-18/h2-3,6-7,10-11,14H,4-5,8-9,12-13,15H2,1H3,(H,26,29). The first kappa shape index (κ1) is 22.1. The molecule has 2 heterocycles. The fraction of sp³-hybridized carbons (Fsp3) is 0.320. The molecule has 1 amide bonds. The Bertz CT molecular complexity index is 1390. The molecule has 0 atom stereocenters. The van der Waals surface area contributed by atoms with Crippen molar-refractivity contribution in [2.45, 2.75) is 37.4 Å². The van der Waals surface area contributed by atoms with E-state index in [9.17, 15) is 9.59 Å². The summed E-state index contributed by atoms with van der Waals surface area (Å²) in [5, 5.41) is 6.49. The molecule has 0 radical (unpaired) electrons. The van der Waals surface area contributed by atoms with Gasteiger partial charge in [0.15, 0.2) is 5.16 Å². The Morgan fingerprint density at radius 3 is 2.85 bits per heavy atom. The zero-order chi connectivity index (χ0) is 22.8. The van der Waals surface area contributed by atoms with Crippen molar-refractivity contribution in [2.75, 3.05) is 24.8 Å². The smallest absolute Gasteiger partial charge is 0.263 e. The lowest BCUT2D eigenvalue weighted by Gasteiger charge is -2.13. The van der Waals surface area contributed by atoms with Crippen molar-refractivity contribution in [3.05, 3.63) is 63.3 Å². The molecule has 0 aliphatic heterocycles. The summed E-state index contributed by atoms with van der Waals surface area (Å²) >= 11 is 2.92. The van der Waals surface area contributed by atoms with Crippen LogP contribution in [-0.2, 0) is 28.9 Å². The molecule has 4 aromatic rings. The number of thiophene rings is 1. The molecule has 1 aliphatic carbocycles. The highest BCUT2D eigenvalue weighted by Crippen LogP contribution is 2.34. The molecule has 170 valence electrons. The second-order valence-corrected chi connectivity index (χ2v) is 10.2. The molecule has 0 saturated carbocycles. The fourth-order valence-corrected chi connectivity index (χ4v) is 6.43. The number of amides is 1. The van der Waals surface area contributed by atoms with Crippen LogP contribution in [0.3, 0.4) is 0 Å². The van der Waals surface area contributed by atoms with Crippen LogP contribution in [0.1, 0.15) is 23.3 Å². The third kappa shape index (κ3) is 4.55. The van der Waals surface area contributed by atoms with Crippen molar-refractivity contribution in [1.82, 2.24) is 9.55 Å². The zero-order valence-electron chi connectivity index (χ0n) is 18.4. The number of nitrogens with one attached hydrogen (secondary N) is 1. The second-order valence-electron chi connectivity index (χ2n) is 8.13. The Kier molecular flexibility index (Phi) is 6.48. The molecule has 5 rings (SSSR count). The maximum absolute atomic E-state index is 13.4. The molecule has 8 heteroatoms. The maximum atomic E-state index is 13.4. The Labute approximate surface area is 200 Å². The van der Waals surface area contributed by atoms with Crippen LogP contribution in [0.2, 0.25) is 0 Å². The van der Waals surface area contributed by atoms with Gasteiger partial charge in [0.05, 0.1) is 24.3 Å². The van der Waals surface area contributed by atoms with Crippen molar-refractivity contribution >= 4 is 55.7 Å². The lowest BCUT2D eigenvalue weighted by Crippen LogP contribution is -2.26. The number of hydrogen-bond acceptors (Lipinski definition) is 6. The third-order valence-electron chi connectivity index (χ3n) is 5.92. The van der Waals surface area contributed by atoms with Crippen LogP contribution < -0.4 is 10.9 Å². The summed E-state index contributed by atoms with van der Waals surface area (Å²) in [6.45, 7) is 0.827. The van der Waals surface area contributed by atoms with E-state index in [0.717, 1.165) is 52.4 Å². The number of hydrogen-bond donors (Lipinski definition) is 1. The summed E-state index contributed by atoms with van der Waals surface area (Å²) in [7, 11) is 1.62. The highest BCUT2D eigenvalue weighted by molar-refractivity contribution is 7.99. The van der Waals surface area contributed by atoms with Gasteiger partial charge in [0.1, 0.15) is 4.83 Å². The Morgan fingerprint density at radius 1 is 1.18 bits per heavy atom. The van der Waals surface area contributed by atoms with E-state index in [1.54, 1.807) is 23.0 Å². The van der Waals surface area contributed by atoms with Crippen LogP contribution in [0.4, 0.5) is 5.69 Å². The molecule has 0 unspecified atom stereocenters. The Hall–Kier alpha value is -2.68. The van der Waals surface area contributed by atoms with Gasteiger partial charge in [-0.3, -0.25) is 14.2 Å². The first-order chi connectivity index (χ1) is 16.1. The molecular formula is C25H25N3O3S2. The number of benzene rings is 2. The zero-order valence-corrected chi connectivity index (χ0v) is 20.1. The van der Waals surface area contributed by atoms with Gasteiger partial charge in [0.25, 0.3) is 5.56 Å². The molecule has 0 bridgehead atoms. The van der Waals surface area contributed by atoms with Crippen LogP contribution in [0.5, 0.6) is 0 Å². The highest BCUT2D eigenvalue weighted by Gasteiger charge is 2.22. The van der Waals surface area contributed by atoms with Crippen molar-refractivity contribution in [1.29, 1.82) is 0 Å². The highest BCUT2D eigenvalue weighted by atomic mass is 32.2. The number of rotatable bonds is 7. The molecule has 0 fully saturated rings. The van der Waals surface area contributed by atoms with Gasteiger partial charge in [-0.25, -0.2) is 4.98 Å². The van der Waals surface area contributed by atoms with Gasteiger partial charge in [0.2, 0.25) is 5.91 Å². The number of aryl methyl sites for hydroxylation is 2. The molecule has 33 heavy (non-hydrogen) atoms. The number of nitrogens with zero attached hydrogens (tertiary/aromatic N) is 2. The lowest BCUT2D eigenvalue weighted by molar-refractivity contribution is -0.113. The number of carbonyl (C=O) groups is 1. The minimum Gasteiger partial charge on any atom is -0.383 e. The largest absolute Gasteiger partial charge is 0.383 e. The summed E-state index contributed by atoms with van der Waals surface area (Å²) in [6, 6.07) is 13.9. The number of aromatic nitrogens is 2. The molecule has 1 aliphatic rings. The Balaban J connectivity index is 1.38. The second kappa shape index (κ2) is 9.67.